The second-order valence-electron chi connectivity index (χ2n) is 13.6. The summed E-state index contributed by atoms with van der Waals surface area (Å²) in [6.07, 6.45) is 7.68. The average Bonchev–Trinajstić information content (AvgIpc) is 3.68. The quantitative estimate of drug-likeness (QED) is 0.171. The van der Waals surface area contributed by atoms with E-state index in [1.807, 2.05) is 36.4 Å². The van der Waals surface area contributed by atoms with Gasteiger partial charge >= 0.3 is 7.12 Å². The highest BCUT2D eigenvalue weighted by atomic mass is 16.5. The van der Waals surface area contributed by atoms with E-state index in [-0.39, 0.29) is 42.4 Å². The van der Waals surface area contributed by atoms with Crippen molar-refractivity contribution in [1.82, 2.24) is 14.8 Å². The molecule has 9 nitrogen and oxygen atoms in total. The highest BCUT2D eigenvalue weighted by molar-refractivity contribution is 6.43. The van der Waals surface area contributed by atoms with Crippen LogP contribution in [0.2, 0.25) is 6.32 Å². The Hall–Kier alpha value is -3.83. The molecule has 3 aromatic rings. The van der Waals surface area contributed by atoms with Crippen LogP contribution in [-0.4, -0.2) is 69.1 Å². The number of benzene rings is 1. The number of rotatable bonds is 10. The highest BCUT2D eigenvalue weighted by Gasteiger charge is 2.58. The summed E-state index contributed by atoms with van der Waals surface area (Å²) < 4.78 is 12.0. The number of aliphatic hydroxyl groups excluding tert-OH is 1. The van der Waals surface area contributed by atoms with Gasteiger partial charge in [0.1, 0.15) is 18.1 Å². The molecule has 3 fully saturated rings. The largest absolute Gasteiger partial charge is 0.459 e. The van der Waals surface area contributed by atoms with Gasteiger partial charge in [0.15, 0.2) is 0 Å². The van der Waals surface area contributed by atoms with Crippen molar-refractivity contribution in [2.45, 2.75) is 77.1 Å². The Morgan fingerprint density at radius 3 is 2.52 bits per heavy atom. The van der Waals surface area contributed by atoms with Crippen LogP contribution in [0.3, 0.4) is 0 Å². The maximum Gasteiger partial charge on any atom is 0.455 e. The Morgan fingerprint density at radius 1 is 1.02 bits per heavy atom. The molecule has 1 aliphatic carbocycles. The summed E-state index contributed by atoms with van der Waals surface area (Å²) in [6, 6.07) is 19.7. The van der Waals surface area contributed by atoms with Crippen molar-refractivity contribution in [3.8, 4) is 0 Å². The summed E-state index contributed by atoms with van der Waals surface area (Å²) in [5.41, 5.74) is 5.31. The molecular weight excluding hydrogens is 605 g/mol. The number of piperidine rings is 1. The molecule has 250 valence electrons. The molecule has 0 spiro atoms. The topological polar surface area (TPSA) is 116 Å². The molecule has 4 aliphatic rings. The van der Waals surface area contributed by atoms with Crippen LogP contribution in [0.4, 0.5) is 0 Å². The Labute approximate surface area is 282 Å². The fraction of sp³-hybridized carbons (Fsp3) is 0.447. The average molecular weight is 650 g/mol. The lowest BCUT2D eigenvalue weighted by Crippen LogP contribution is -2.48. The zero-order valence-corrected chi connectivity index (χ0v) is 27.5. The second-order valence-corrected chi connectivity index (χ2v) is 13.6. The number of allylic oxidation sites excluding steroid dienone is 2. The van der Waals surface area contributed by atoms with Gasteiger partial charge in [-0.1, -0.05) is 48.9 Å². The van der Waals surface area contributed by atoms with Crippen LogP contribution >= 0.6 is 0 Å². The van der Waals surface area contributed by atoms with Crippen LogP contribution in [0, 0.1) is 17.8 Å². The molecule has 0 radical (unpaired) electrons. The molecule has 1 aromatic carbocycles. The van der Waals surface area contributed by atoms with Crippen molar-refractivity contribution in [2.75, 3.05) is 13.1 Å². The first-order chi connectivity index (χ1) is 23.4. The number of pyridine rings is 1. The Morgan fingerprint density at radius 2 is 1.81 bits per heavy atom. The van der Waals surface area contributed by atoms with Gasteiger partial charge in [-0.05, 0) is 97.8 Å². The molecule has 5 heterocycles. The Kier molecular flexibility index (Phi) is 9.77. The number of aliphatic hydroxyl groups is 1. The van der Waals surface area contributed by atoms with Gasteiger partial charge < -0.3 is 19.2 Å². The number of fused-ring (bicyclic) bond motifs is 3. The maximum absolute atomic E-state index is 14.3. The first-order valence-electron chi connectivity index (χ1n) is 17.4. The highest BCUT2D eigenvalue weighted by Crippen LogP contribution is 2.52. The number of carbonyl (C=O) groups excluding carboxylic acids is 2. The van der Waals surface area contributed by atoms with Gasteiger partial charge in [0.05, 0.1) is 23.6 Å². The Bertz CT molecular complexity index is 1670. The van der Waals surface area contributed by atoms with Crippen molar-refractivity contribution < 1.29 is 28.8 Å². The number of furan rings is 1. The summed E-state index contributed by atoms with van der Waals surface area (Å²) in [7, 11) is -1.02. The summed E-state index contributed by atoms with van der Waals surface area (Å²) >= 11 is 0. The molecule has 7 rings (SSSR count). The summed E-state index contributed by atoms with van der Waals surface area (Å²) in [4.78, 5) is 36.9. The van der Waals surface area contributed by atoms with E-state index in [1.54, 1.807) is 17.2 Å². The summed E-state index contributed by atoms with van der Waals surface area (Å²) in [5.74, 6) is -0.0575. The van der Waals surface area contributed by atoms with Crippen molar-refractivity contribution >= 4 is 30.6 Å². The third kappa shape index (κ3) is 6.59. The van der Waals surface area contributed by atoms with Gasteiger partial charge in [0, 0.05) is 31.9 Å². The van der Waals surface area contributed by atoms with E-state index in [2.05, 4.69) is 41.1 Å². The van der Waals surface area contributed by atoms with Gasteiger partial charge in [-0.15, -0.1) is 0 Å². The van der Waals surface area contributed by atoms with Crippen molar-refractivity contribution in [3.05, 3.63) is 101 Å². The number of amides is 2. The van der Waals surface area contributed by atoms with Gasteiger partial charge in [-0.2, -0.15) is 0 Å². The number of hydrogen-bond donors (Lipinski definition) is 2. The molecule has 10 heteroatoms. The van der Waals surface area contributed by atoms with Gasteiger partial charge in [0.2, 0.25) is 11.8 Å². The van der Waals surface area contributed by atoms with Gasteiger partial charge in [0.25, 0.3) is 0 Å². The first kappa shape index (κ1) is 32.7. The van der Waals surface area contributed by atoms with E-state index in [1.165, 1.54) is 11.1 Å². The third-order valence-electron chi connectivity index (χ3n) is 10.8. The van der Waals surface area contributed by atoms with Crippen LogP contribution < -0.4 is 0 Å². The molecule has 0 saturated carbocycles. The number of carbonyl (C=O) groups is 2. The fourth-order valence-corrected chi connectivity index (χ4v) is 8.51. The zero-order chi connectivity index (χ0) is 33.2. The molecule has 3 aliphatic heterocycles. The van der Waals surface area contributed by atoms with E-state index in [0.29, 0.717) is 37.1 Å². The van der Waals surface area contributed by atoms with Crippen molar-refractivity contribution in [2.24, 2.45) is 17.8 Å². The lowest BCUT2D eigenvalue weighted by atomic mass is 9.58. The number of aromatic nitrogens is 1. The van der Waals surface area contributed by atoms with E-state index >= 15 is 0 Å². The number of likely N-dealkylation sites (tertiary alicyclic amines) is 2. The fourth-order valence-electron chi connectivity index (χ4n) is 8.51. The number of imide groups is 1. The van der Waals surface area contributed by atoms with Crippen molar-refractivity contribution in [3.63, 3.8) is 0 Å². The predicted octanol–water partition coefficient (Wildman–Crippen LogP) is 5.36. The van der Waals surface area contributed by atoms with Crippen molar-refractivity contribution in [1.29, 1.82) is 0 Å². The molecular formula is C38H44BN3O6. The van der Waals surface area contributed by atoms with Crippen LogP contribution in [0.25, 0.3) is 11.6 Å². The van der Waals surface area contributed by atoms with Gasteiger partial charge in [-0.3, -0.25) is 24.4 Å². The molecule has 2 N–H and O–H groups in total. The zero-order valence-electron chi connectivity index (χ0n) is 27.5. The lowest BCUT2D eigenvalue weighted by Gasteiger charge is -2.43. The van der Waals surface area contributed by atoms with E-state index in [9.17, 15) is 19.7 Å². The minimum Gasteiger partial charge on any atom is -0.459 e. The number of hydrogen-bond acceptors (Lipinski definition) is 8. The van der Waals surface area contributed by atoms with E-state index in [0.717, 1.165) is 55.7 Å². The normalized spacial score (nSPS) is 25.5. The maximum atomic E-state index is 14.3. The molecule has 48 heavy (non-hydrogen) atoms. The van der Waals surface area contributed by atoms with E-state index < -0.39 is 13.0 Å². The first-order valence-corrected chi connectivity index (χ1v) is 17.4. The van der Waals surface area contributed by atoms with Crippen LogP contribution in [0.15, 0.2) is 82.4 Å². The minimum atomic E-state index is -1.02. The van der Waals surface area contributed by atoms with Crippen LogP contribution in [-0.2, 0) is 27.4 Å². The van der Waals surface area contributed by atoms with Crippen LogP contribution in [0.5, 0.6) is 0 Å². The van der Waals surface area contributed by atoms with E-state index in [4.69, 9.17) is 9.07 Å². The molecule has 4 atom stereocenters. The summed E-state index contributed by atoms with van der Waals surface area (Å²) in [6.45, 7) is 4.50. The minimum absolute atomic E-state index is 0.0323. The predicted molar refractivity (Wildman–Crippen MR) is 183 cm³/mol. The number of nitrogens with zero attached hydrogens (tertiary/aromatic N) is 3. The smallest absolute Gasteiger partial charge is 0.455 e. The standard InChI is InChI=1S/C38H44BN3O6/c1-2-26-21-31-36(38(45)42(37(31)44)28-15-18-41(19-16-28)23-25-8-4-3-5-9-25)32-22-39(46)48-34(35(26)32)14-11-27(33-10-6-7-17-40-33)20-29-12-13-30(24-43)47-29/h3-10,12-13,17,20,28,31-32,34,36,43,46H,2,11,14-16,18-19,21-24H2,1H3/b27-20-/t31-,32+,34-,36-/m1/s1. The van der Waals surface area contributed by atoms with Gasteiger partial charge in [-0.25, -0.2) is 0 Å². The van der Waals surface area contributed by atoms with Crippen LogP contribution in [0.1, 0.15) is 68.2 Å². The SMILES string of the molecule is CCC1=C2[C@@H](CC/C(=C/c3ccc(CO)o3)c3ccccn3)OB(O)C[C@@H]2[C@@H]2C(=O)N(C3CCN(Cc4ccccc4)CC3)C(=O)[C@@H]2C1. The second kappa shape index (κ2) is 14.3. The molecule has 0 unspecified atom stereocenters. The molecule has 2 amide bonds. The molecule has 2 aromatic heterocycles. The lowest BCUT2D eigenvalue weighted by molar-refractivity contribution is -0.144. The Balaban J connectivity index is 1.09. The molecule has 3 saturated heterocycles. The monoisotopic (exact) mass is 649 g/mol. The third-order valence-corrected chi connectivity index (χ3v) is 10.8. The summed E-state index contributed by atoms with van der Waals surface area (Å²) in [5, 5.41) is 20.5. The molecule has 0 bridgehead atoms.